The summed E-state index contributed by atoms with van der Waals surface area (Å²) in [5.74, 6) is 0.593. The standard InChI is InChI=1S/C56H43NO/c1-2-13-40(14-3-1)48-23-11-17-42-18-12-24-51(56(42)48)49-20-6-8-25-53(49)57(45-34-29-41(30-35-45)47-22-10-16-39-15-4-5-19-46(39)47)44-32-27-38(28-33-44)43-31-36-55-52(37-43)50-21-7-9-26-54(50)58-55/h4-12,15-37,40H,1-3,13-14H2. The maximum absolute atomic E-state index is 6.16. The second kappa shape index (κ2) is 14.6. The Balaban J connectivity index is 1.06. The van der Waals surface area contributed by atoms with Gasteiger partial charge in [-0.05, 0) is 122 Å². The molecule has 1 heterocycles. The van der Waals surface area contributed by atoms with Crippen LogP contribution in [0.5, 0.6) is 0 Å². The predicted molar refractivity (Wildman–Crippen MR) is 246 cm³/mol. The zero-order chi connectivity index (χ0) is 38.4. The molecule has 1 saturated carbocycles. The number of hydrogen-bond acceptors (Lipinski definition) is 2. The molecule has 1 fully saturated rings. The van der Waals surface area contributed by atoms with Crippen LogP contribution < -0.4 is 4.90 Å². The second-order valence-corrected chi connectivity index (χ2v) is 15.9. The molecule has 58 heavy (non-hydrogen) atoms. The number of benzene rings is 9. The Kier molecular flexibility index (Phi) is 8.62. The summed E-state index contributed by atoms with van der Waals surface area (Å²) in [6.07, 6.45) is 6.50. The van der Waals surface area contributed by atoms with E-state index in [1.54, 1.807) is 0 Å². The van der Waals surface area contributed by atoms with Gasteiger partial charge in [0.1, 0.15) is 11.2 Å². The summed E-state index contributed by atoms with van der Waals surface area (Å²) < 4.78 is 6.16. The van der Waals surface area contributed by atoms with Gasteiger partial charge in [0, 0.05) is 27.7 Å². The van der Waals surface area contributed by atoms with Crippen LogP contribution in [0.2, 0.25) is 0 Å². The van der Waals surface area contributed by atoms with Gasteiger partial charge in [0.15, 0.2) is 0 Å². The Morgan fingerprint density at radius 1 is 0.397 bits per heavy atom. The molecule has 1 aromatic heterocycles. The molecule has 2 nitrogen and oxygen atoms in total. The smallest absolute Gasteiger partial charge is 0.135 e. The van der Waals surface area contributed by atoms with Crippen molar-refractivity contribution in [3.63, 3.8) is 0 Å². The van der Waals surface area contributed by atoms with Crippen molar-refractivity contribution in [1.29, 1.82) is 0 Å². The first-order chi connectivity index (χ1) is 28.8. The van der Waals surface area contributed by atoms with E-state index in [-0.39, 0.29) is 0 Å². The largest absolute Gasteiger partial charge is 0.456 e. The average Bonchev–Trinajstić information content (AvgIpc) is 3.68. The molecule has 0 atom stereocenters. The molecule has 11 rings (SSSR count). The first-order valence-corrected chi connectivity index (χ1v) is 20.8. The highest BCUT2D eigenvalue weighted by Gasteiger charge is 2.23. The lowest BCUT2D eigenvalue weighted by Gasteiger charge is -2.29. The van der Waals surface area contributed by atoms with Crippen molar-refractivity contribution in [3.8, 4) is 33.4 Å². The zero-order valence-corrected chi connectivity index (χ0v) is 32.4. The van der Waals surface area contributed by atoms with Crippen molar-refractivity contribution in [2.75, 3.05) is 4.90 Å². The zero-order valence-electron chi connectivity index (χ0n) is 32.4. The molecule has 0 N–H and O–H groups in total. The van der Waals surface area contributed by atoms with Crippen molar-refractivity contribution in [2.45, 2.75) is 38.0 Å². The number of hydrogen-bond donors (Lipinski definition) is 0. The SMILES string of the molecule is c1ccc(N(c2ccc(-c3ccc4oc5ccccc5c4c3)cc2)c2ccc(-c3cccc4ccccc34)cc2)c(-c2cccc3cccc(C4CCCCC4)c23)c1. The van der Waals surface area contributed by atoms with Gasteiger partial charge in [-0.25, -0.2) is 0 Å². The monoisotopic (exact) mass is 745 g/mol. The van der Waals surface area contributed by atoms with Crippen LogP contribution in [0.1, 0.15) is 43.6 Å². The van der Waals surface area contributed by atoms with E-state index >= 15 is 0 Å². The fourth-order valence-electron chi connectivity index (χ4n) is 9.65. The lowest BCUT2D eigenvalue weighted by atomic mass is 9.80. The quantitative estimate of drug-likeness (QED) is 0.162. The van der Waals surface area contributed by atoms with Crippen LogP contribution in [0.3, 0.4) is 0 Å². The molecule has 9 aromatic carbocycles. The van der Waals surface area contributed by atoms with Crippen molar-refractivity contribution in [1.82, 2.24) is 0 Å². The number of anilines is 3. The molecule has 2 heteroatoms. The molecule has 0 radical (unpaired) electrons. The molecule has 0 unspecified atom stereocenters. The van der Waals surface area contributed by atoms with E-state index in [1.165, 1.54) is 92.6 Å². The van der Waals surface area contributed by atoms with Gasteiger partial charge in [-0.15, -0.1) is 0 Å². The Morgan fingerprint density at radius 3 is 1.79 bits per heavy atom. The Hall–Kier alpha value is -6.90. The minimum Gasteiger partial charge on any atom is -0.456 e. The highest BCUT2D eigenvalue weighted by molar-refractivity contribution is 6.07. The molecule has 0 amide bonds. The van der Waals surface area contributed by atoms with Crippen molar-refractivity contribution in [3.05, 3.63) is 200 Å². The fourth-order valence-corrected chi connectivity index (χ4v) is 9.65. The van der Waals surface area contributed by atoms with Crippen molar-refractivity contribution in [2.24, 2.45) is 0 Å². The van der Waals surface area contributed by atoms with Crippen LogP contribution in [0, 0.1) is 0 Å². The Morgan fingerprint density at radius 2 is 0.983 bits per heavy atom. The summed E-state index contributed by atoms with van der Waals surface area (Å²) in [5.41, 5.74) is 14.0. The first kappa shape index (κ1) is 34.4. The normalized spacial score (nSPS) is 13.4. The molecule has 10 aromatic rings. The summed E-state index contributed by atoms with van der Waals surface area (Å²) in [5, 5.41) is 7.51. The number of para-hydroxylation sites is 2. The van der Waals surface area contributed by atoms with E-state index in [0.717, 1.165) is 39.0 Å². The lowest BCUT2D eigenvalue weighted by molar-refractivity contribution is 0.445. The minimum absolute atomic E-state index is 0.593. The molecule has 0 aliphatic heterocycles. The van der Waals surface area contributed by atoms with Crippen LogP contribution in [0.25, 0.3) is 76.9 Å². The number of nitrogens with zero attached hydrogens (tertiary/aromatic N) is 1. The third kappa shape index (κ3) is 6.04. The molecule has 1 aliphatic rings. The molecular weight excluding hydrogens is 703 g/mol. The number of fused-ring (bicyclic) bond motifs is 5. The first-order valence-electron chi connectivity index (χ1n) is 20.8. The van der Waals surface area contributed by atoms with E-state index in [4.69, 9.17) is 4.42 Å². The molecule has 0 bridgehead atoms. The summed E-state index contributed by atoms with van der Waals surface area (Å²) in [6, 6.07) is 71.1. The highest BCUT2D eigenvalue weighted by Crippen LogP contribution is 2.46. The van der Waals surface area contributed by atoms with Gasteiger partial charge in [0.25, 0.3) is 0 Å². The number of furan rings is 1. The second-order valence-electron chi connectivity index (χ2n) is 15.9. The van der Waals surface area contributed by atoms with Crippen molar-refractivity contribution >= 4 is 60.5 Å². The van der Waals surface area contributed by atoms with Gasteiger partial charge in [-0.2, -0.15) is 0 Å². The summed E-state index contributed by atoms with van der Waals surface area (Å²) >= 11 is 0. The van der Waals surface area contributed by atoms with Gasteiger partial charge in [-0.1, -0.05) is 165 Å². The topological polar surface area (TPSA) is 16.4 Å². The maximum atomic E-state index is 6.16. The Bertz CT molecular complexity index is 3080. The van der Waals surface area contributed by atoms with Gasteiger partial charge in [-0.3, -0.25) is 0 Å². The van der Waals surface area contributed by atoms with E-state index in [9.17, 15) is 0 Å². The summed E-state index contributed by atoms with van der Waals surface area (Å²) in [4.78, 5) is 2.45. The van der Waals surface area contributed by atoms with E-state index in [1.807, 2.05) is 12.1 Å². The summed E-state index contributed by atoms with van der Waals surface area (Å²) in [6.45, 7) is 0. The van der Waals surface area contributed by atoms with Gasteiger partial charge < -0.3 is 9.32 Å². The average molecular weight is 746 g/mol. The third-order valence-electron chi connectivity index (χ3n) is 12.5. The predicted octanol–water partition coefficient (Wildman–Crippen LogP) is 16.4. The van der Waals surface area contributed by atoms with E-state index < -0.39 is 0 Å². The highest BCUT2D eigenvalue weighted by atomic mass is 16.3. The van der Waals surface area contributed by atoms with Gasteiger partial charge in [0.05, 0.1) is 5.69 Å². The molecule has 1 aliphatic carbocycles. The fraction of sp³-hybridized carbons (Fsp3) is 0.107. The van der Waals surface area contributed by atoms with E-state index in [2.05, 4.69) is 187 Å². The van der Waals surface area contributed by atoms with Crippen LogP contribution in [-0.4, -0.2) is 0 Å². The minimum atomic E-state index is 0.593. The van der Waals surface area contributed by atoms with Crippen LogP contribution in [-0.2, 0) is 0 Å². The van der Waals surface area contributed by atoms with Crippen LogP contribution >= 0.6 is 0 Å². The summed E-state index contributed by atoms with van der Waals surface area (Å²) in [7, 11) is 0. The lowest BCUT2D eigenvalue weighted by Crippen LogP contribution is -2.11. The van der Waals surface area contributed by atoms with Crippen LogP contribution in [0.4, 0.5) is 17.1 Å². The number of rotatable bonds is 7. The van der Waals surface area contributed by atoms with Crippen molar-refractivity contribution < 1.29 is 4.42 Å². The molecular formula is C56H43NO. The maximum Gasteiger partial charge on any atom is 0.135 e. The van der Waals surface area contributed by atoms with E-state index in [0.29, 0.717) is 5.92 Å². The Labute approximate surface area is 339 Å². The van der Waals surface area contributed by atoms with Gasteiger partial charge in [0.2, 0.25) is 0 Å². The third-order valence-corrected chi connectivity index (χ3v) is 12.5. The molecule has 0 spiro atoms. The molecule has 0 saturated heterocycles. The van der Waals surface area contributed by atoms with Crippen LogP contribution in [0.15, 0.2) is 199 Å². The van der Waals surface area contributed by atoms with Gasteiger partial charge >= 0.3 is 0 Å². The molecule has 278 valence electrons.